The second-order valence-electron chi connectivity index (χ2n) is 6.68. The average molecular weight is 464 g/mol. The van der Waals surface area contributed by atoms with Crippen LogP contribution in [0.3, 0.4) is 0 Å². The lowest BCUT2D eigenvalue weighted by Gasteiger charge is -2.35. The number of guanidine groups is 1. The molecule has 0 amide bonds. The molecule has 1 unspecified atom stereocenters. The maximum atomic E-state index is 4.81. The first kappa shape index (κ1) is 21.7. The summed E-state index contributed by atoms with van der Waals surface area (Å²) in [6, 6.07) is 5.52. The Labute approximate surface area is 168 Å². The quantitative estimate of drug-likeness (QED) is 0.381. The highest BCUT2D eigenvalue weighted by Gasteiger charge is 2.21. The fraction of sp³-hybridized carbons (Fsp3) is 0.722. The minimum Gasteiger partial charge on any atom is -0.357 e. The SMILES string of the molecule is CCNC(=NCC(C)c1cccs1)NC1CCN(C(C)C)CC1.I. The van der Waals surface area contributed by atoms with Crippen LogP contribution in [-0.4, -0.2) is 49.1 Å². The van der Waals surface area contributed by atoms with E-state index in [9.17, 15) is 0 Å². The van der Waals surface area contributed by atoms with E-state index in [4.69, 9.17) is 4.99 Å². The Morgan fingerprint density at radius 2 is 2.04 bits per heavy atom. The highest BCUT2D eigenvalue weighted by molar-refractivity contribution is 14.0. The van der Waals surface area contributed by atoms with Crippen LogP contribution in [0.1, 0.15) is 51.3 Å². The Morgan fingerprint density at radius 1 is 1.33 bits per heavy atom. The Kier molecular flexibility index (Phi) is 10.2. The standard InChI is InChI=1S/C18H32N4S.HI/c1-5-19-18(20-13-15(4)17-7-6-12-23-17)21-16-8-10-22(11-9-16)14(2)3;/h6-7,12,14-16H,5,8-11,13H2,1-4H3,(H2,19,20,21);1H. The normalized spacial score (nSPS) is 18.3. The van der Waals surface area contributed by atoms with Crippen molar-refractivity contribution in [1.82, 2.24) is 15.5 Å². The molecule has 1 fully saturated rings. The number of thiophene rings is 1. The van der Waals surface area contributed by atoms with E-state index in [1.165, 1.54) is 30.8 Å². The molecular weight excluding hydrogens is 431 g/mol. The Morgan fingerprint density at radius 3 is 2.58 bits per heavy atom. The molecule has 0 aromatic carbocycles. The van der Waals surface area contributed by atoms with Crippen molar-refractivity contribution in [3.05, 3.63) is 22.4 Å². The number of aliphatic imine (C=N–C) groups is 1. The van der Waals surface area contributed by atoms with E-state index < -0.39 is 0 Å². The largest absolute Gasteiger partial charge is 0.357 e. The number of hydrogen-bond donors (Lipinski definition) is 2. The van der Waals surface area contributed by atoms with Crippen molar-refractivity contribution >= 4 is 41.3 Å². The smallest absolute Gasteiger partial charge is 0.191 e. The van der Waals surface area contributed by atoms with Crippen LogP contribution in [0.4, 0.5) is 0 Å². The molecule has 1 aliphatic heterocycles. The molecule has 1 saturated heterocycles. The van der Waals surface area contributed by atoms with E-state index in [1.807, 2.05) is 11.3 Å². The van der Waals surface area contributed by atoms with Gasteiger partial charge >= 0.3 is 0 Å². The molecule has 0 bridgehead atoms. The highest BCUT2D eigenvalue weighted by atomic mass is 127. The summed E-state index contributed by atoms with van der Waals surface area (Å²) >= 11 is 1.82. The number of hydrogen-bond acceptors (Lipinski definition) is 3. The van der Waals surface area contributed by atoms with E-state index in [1.54, 1.807) is 0 Å². The molecule has 2 N–H and O–H groups in total. The van der Waals surface area contributed by atoms with Crippen LogP contribution in [0.15, 0.2) is 22.5 Å². The summed E-state index contributed by atoms with van der Waals surface area (Å²) in [5, 5.41) is 9.17. The van der Waals surface area contributed by atoms with E-state index >= 15 is 0 Å². The van der Waals surface area contributed by atoms with Crippen LogP contribution in [0.25, 0.3) is 0 Å². The van der Waals surface area contributed by atoms with Gasteiger partial charge in [0.25, 0.3) is 0 Å². The molecule has 1 aromatic heterocycles. The van der Waals surface area contributed by atoms with E-state index in [0.29, 0.717) is 18.0 Å². The fourth-order valence-corrected chi connectivity index (χ4v) is 3.74. The number of nitrogens with one attached hydrogen (secondary N) is 2. The minimum absolute atomic E-state index is 0. The lowest BCUT2D eigenvalue weighted by Crippen LogP contribution is -2.49. The third-order valence-corrected chi connectivity index (χ3v) is 5.60. The fourth-order valence-electron chi connectivity index (χ4n) is 2.96. The molecule has 1 aliphatic rings. The molecule has 0 aliphatic carbocycles. The summed E-state index contributed by atoms with van der Waals surface area (Å²) in [5.41, 5.74) is 0. The molecule has 4 nitrogen and oxygen atoms in total. The van der Waals surface area contributed by atoms with Crippen LogP contribution < -0.4 is 10.6 Å². The van der Waals surface area contributed by atoms with Crippen molar-refractivity contribution in [3.8, 4) is 0 Å². The summed E-state index contributed by atoms with van der Waals surface area (Å²) in [6.07, 6.45) is 2.39. The molecule has 2 heterocycles. The molecule has 0 radical (unpaired) electrons. The summed E-state index contributed by atoms with van der Waals surface area (Å²) in [6.45, 7) is 13.0. The van der Waals surface area contributed by atoms with Gasteiger partial charge < -0.3 is 15.5 Å². The van der Waals surface area contributed by atoms with Crippen molar-refractivity contribution in [2.45, 2.75) is 58.5 Å². The molecule has 138 valence electrons. The summed E-state index contributed by atoms with van der Waals surface area (Å²) in [4.78, 5) is 8.77. The Bertz CT molecular complexity index is 467. The van der Waals surface area contributed by atoms with Gasteiger partial charge in [0.05, 0.1) is 6.54 Å². The molecule has 1 aromatic rings. The molecule has 1 atom stereocenters. The van der Waals surface area contributed by atoms with Gasteiger partial charge in [-0.15, -0.1) is 35.3 Å². The predicted molar refractivity (Wildman–Crippen MR) is 117 cm³/mol. The summed E-state index contributed by atoms with van der Waals surface area (Å²) in [7, 11) is 0. The topological polar surface area (TPSA) is 39.7 Å². The van der Waals surface area contributed by atoms with E-state index in [2.05, 4.69) is 60.7 Å². The van der Waals surface area contributed by atoms with E-state index in [0.717, 1.165) is 19.0 Å². The second kappa shape index (κ2) is 11.3. The second-order valence-corrected chi connectivity index (χ2v) is 7.66. The van der Waals surface area contributed by atoms with Crippen LogP contribution in [0.2, 0.25) is 0 Å². The van der Waals surface area contributed by atoms with Gasteiger partial charge in [-0.05, 0) is 45.1 Å². The van der Waals surface area contributed by atoms with Crippen molar-refractivity contribution in [2.24, 2.45) is 4.99 Å². The number of piperidine rings is 1. The first-order valence-electron chi connectivity index (χ1n) is 8.92. The van der Waals surface area contributed by atoms with Crippen LogP contribution in [0.5, 0.6) is 0 Å². The molecule has 24 heavy (non-hydrogen) atoms. The van der Waals surface area contributed by atoms with Gasteiger partial charge in [0.1, 0.15) is 0 Å². The van der Waals surface area contributed by atoms with Crippen molar-refractivity contribution in [3.63, 3.8) is 0 Å². The van der Waals surface area contributed by atoms with Crippen molar-refractivity contribution in [2.75, 3.05) is 26.2 Å². The molecular formula is C18H33IN4S. The zero-order chi connectivity index (χ0) is 16.7. The zero-order valence-corrected chi connectivity index (χ0v) is 18.6. The van der Waals surface area contributed by atoms with Crippen molar-refractivity contribution < 1.29 is 0 Å². The summed E-state index contributed by atoms with van der Waals surface area (Å²) < 4.78 is 0. The average Bonchev–Trinajstić information content (AvgIpc) is 3.07. The van der Waals surface area contributed by atoms with Gasteiger partial charge in [-0.25, -0.2) is 0 Å². The number of nitrogens with zero attached hydrogens (tertiary/aromatic N) is 2. The number of halogens is 1. The molecule has 2 rings (SSSR count). The van der Waals surface area contributed by atoms with Gasteiger partial charge in [-0.3, -0.25) is 4.99 Å². The van der Waals surface area contributed by atoms with Crippen molar-refractivity contribution in [1.29, 1.82) is 0 Å². The number of likely N-dealkylation sites (tertiary alicyclic amines) is 1. The zero-order valence-electron chi connectivity index (χ0n) is 15.4. The van der Waals surface area contributed by atoms with Gasteiger partial charge in [0, 0.05) is 42.5 Å². The lowest BCUT2D eigenvalue weighted by atomic mass is 10.0. The monoisotopic (exact) mass is 464 g/mol. The minimum atomic E-state index is 0. The number of rotatable bonds is 6. The Hall–Kier alpha value is -0.340. The van der Waals surface area contributed by atoms with Gasteiger partial charge in [-0.2, -0.15) is 0 Å². The van der Waals surface area contributed by atoms with E-state index in [-0.39, 0.29) is 24.0 Å². The maximum Gasteiger partial charge on any atom is 0.191 e. The van der Waals surface area contributed by atoms with Crippen LogP contribution in [0, 0.1) is 0 Å². The van der Waals surface area contributed by atoms with Gasteiger partial charge in [0.2, 0.25) is 0 Å². The maximum absolute atomic E-state index is 4.81. The first-order chi connectivity index (χ1) is 11.1. The Balaban J connectivity index is 0.00000288. The predicted octanol–water partition coefficient (Wildman–Crippen LogP) is 3.90. The highest BCUT2D eigenvalue weighted by Crippen LogP contribution is 2.20. The van der Waals surface area contributed by atoms with Gasteiger partial charge in [-0.1, -0.05) is 13.0 Å². The molecule has 0 spiro atoms. The first-order valence-corrected chi connectivity index (χ1v) is 9.80. The van der Waals surface area contributed by atoms with Crippen LogP contribution in [-0.2, 0) is 0 Å². The van der Waals surface area contributed by atoms with Gasteiger partial charge in [0.15, 0.2) is 5.96 Å². The lowest BCUT2D eigenvalue weighted by molar-refractivity contribution is 0.167. The molecule has 6 heteroatoms. The summed E-state index contributed by atoms with van der Waals surface area (Å²) in [5.74, 6) is 1.45. The van der Waals surface area contributed by atoms with Crippen LogP contribution >= 0.6 is 35.3 Å². The third kappa shape index (κ3) is 6.88. The third-order valence-electron chi connectivity index (χ3n) is 4.50. The molecule has 0 saturated carbocycles.